The van der Waals surface area contributed by atoms with E-state index in [-0.39, 0.29) is 5.56 Å². The van der Waals surface area contributed by atoms with E-state index in [2.05, 4.69) is 4.74 Å². The molecule has 0 aromatic heterocycles. The van der Waals surface area contributed by atoms with Crippen LogP contribution in [0.15, 0.2) is 18.2 Å². The molecule has 0 amide bonds. The highest BCUT2D eigenvalue weighted by molar-refractivity contribution is 5.71. The maximum atomic E-state index is 12.1. The van der Waals surface area contributed by atoms with E-state index >= 15 is 0 Å². The van der Waals surface area contributed by atoms with E-state index < -0.39 is 24.5 Å². The van der Waals surface area contributed by atoms with Crippen molar-refractivity contribution < 1.29 is 27.8 Å². The summed E-state index contributed by atoms with van der Waals surface area (Å²) in [5.74, 6) is -1.66. The molecule has 0 saturated heterocycles. The van der Waals surface area contributed by atoms with Gasteiger partial charge in [0.1, 0.15) is 5.75 Å². The molecule has 0 aliphatic carbocycles. The monoisotopic (exact) mass is 248 g/mol. The van der Waals surface area contributed by atoms with Crippen LogP contribution in [-0.2, 0) is 17.6 Å². The Morgan fingerprint density at radius 1 is 1.41 bits per heavy atom. The Morgan fingerprint density at radius 2 is 2.06 bits per heavy atom. The third kappa shape index (κ3) is 4.34. The van der Waals surface area contributed by atoms with Gasteiger partial charge in [-0.1, -0.05) is 19.1 Å². The second kappa shape index (κ2) is 5.07. The summed E-state index contributed by atoms with van der Waals surface area (Å²) in [6.07, 6.45) is -4.71. The van der Waals surface area contributed by atoms with Crippen LogP contribution in [0.4, 0.5) is 13.2 Å². The molecule has 0 fully saturated rings. The molecule has 0 bridgehead atoms. The molecular weight excluding hydrogens is 237 g/mol. The molecule has 0 saturated carbocycles. The number of halogens is 3. The molecule has 94 valence electrons. The molecule has 0 atom stereocenters. The highest BCUT2D eigenvalue weighted by atomic mass is 19.4. The van der Waals surface area contributed by atoms with Gasteiger partial charge in [0.2, 0.25) is 0 Å². The molecule has 1 aromatic rings. The number of ether oxygens (including phenoxy) is 1. The summed E-state index contributed by atoms with van der Waals surface area (Å²) in [6, 6.07) is 4.03. The first-order valence-corrected chi connectivity index (χ1v) is 4.91. The van der Waals surface area contributed by atoms with E-state index in [0.717, 1.165) is 11.6 Å². The van der Waals surface area contributed by atoms with Crippen LogP contribution in [0.3, 0.4) is 0 Å². The quantitative estimate of drug-likeness (QED) is 0.891. The first-order chi connectivity index (χ1) is 7.81. The van der Waals surface area contributed by atoms with E-state index in [4.69, 9.17) is 5.11 Å². The van der Waals surface area contributed by atoms with Crippen molar-refractivity contribution >= 4 is 5.97 Å². The van der Waals surface area contributed by atoms with Crippen LogP contribution in [0.25, 0.3) is 0 Å². The molecule has 1 rings (SSSR count). The lowest BCUT2D eigenvalue weighted by Crippen LogP contribution is -2.18. The van der Waals surface area contributed by atoms with Crippen LogP contribution in [0.5, 0.6) is 5.75 Å². The van der Waals surface area contributed by atoms with E-state index in [1.54, 1.807) is 0 Å². The van der Waals surface area contributed by atoms with Crippen molar-refractivity contribution in [1.82, 2.24) is 0 Å². The standard InChI is InChI=1S/C11H11F3O3/c1-2-7-3-4-9(17-11(12,13)14)8(5-7)6-10(15)16/h3-5H,2,6H2,1H3,(H,15,16). The van der Waals surface area contributed by atoms with Crippen molar-refractivity contribution in [2.24, 2.45) is 0 Å². The van der Waals surface area contributed by atoms with Gasteiger partial charge in [-0.2, -0.15) is 0 Å². The van der Waals surface area contributed by atoms with Crippen molar-refractivity contribution in [3.8, 4) is 5.75 Å². The van der Waals surface area contributed by atoms with Gasteiger partial charge in [0.05, 0.1) is 6.42 Å². The van der Waals surface area contributed by atoms with Gasteiger partial charge < -0.3 is 9.84 Å². The minimum atomic E-state index is -4.82. The predicted octanol–water partition coefficient (Wildman–Crippen LogP) is 2.77. The van der Waals surface area contributed by atoms with Crippen molar-refractivity contribution in [3.05, 3.63) is 29.3 Å². The van der Waals surface area contributed by atoms with E-state index in [1.807, 2.05) is 6.92 Å². The zero-order chi connectivity index (χ0) is 13.1. The lowest BCUT2D eigenvalue weighted by Gasteiger charge is -2.13. The maximum Gasteiger partial charge on any atom is 0.573 e. The molecule has 6 heteroatoms. The third-order valence-corrected chi connectivity index (χ3v) is 2.10. The summed E-state index contributed by atoms with van der Waals surface area (Å²) in [5, 5.41) is 8.62. The van der Waals surface area contributed by atoms with Crippen LogP contribution < -0.4 is 4.74 Å². The number of carbonyl (C=O) groups is 1. The Balaban J connectivity index is 3.06. The van der Waals surface area contributed by atoms with E-state index in [9.17, 15) is 18.0 Å². The summed E-state index contributed by atoms with van der Waals surface area (Å²) in [5.41, 5.74) is 0.782. The summed E-state index contributed by atoms with van der Waals surface area (Å²) in [4.78, 5) is 10.5. The molecular formula is C11H11F3O3. The fourth-order valence-electron chi connectivity index (χ4n) is 1.38. The summed E-state index contributed by atoms with van der Waals surface area (Å²) in [7, 11) is 0. The molecule has 0 aliphatic rings. The molecule has 0 unspecified atom stereocenters. The number of aliphatic carboxylic acids is 1. The van der Waals surface area contributed by atoms with Crippen LogP contribution in [-0.4, -0.2) is 17.4 Å². The number of rotatable bonds is 4. The van der Waals surface area contributed by atoms with Gasteiger partial charge in [0.25, 0.3) is 0 Å². The zero-order valence-corrected chi connectivity index (χ0v) is 9.04. The molecule has 0 heterocycles. The average Bonchev–Trinajstić information content (AvgIpc) is 2.17. The number of carboxylic acid groups (broad SMARTS) is 1. The number of alkyl halides is 3. The topological polar surface area (TPSA) is 46.5 Å². The SMILES string of the molecule is CCc1ccc(OC(F)(F)F)c(CC(=O)O)c1. The normalized spacial score (nSPS) is 11.3. The molecule has 17 heavy (non-hydrogen) atoms. The van der Waals surface area contributed by atoms with Gasteiger partial charge >= 0.3 is 12.3 Å². The van der Waals surface area contributed by atoms with Gasteiger partial charge in [-0.25, -0.2) is 0 Å². The second-order valence-corrected chi connectivity index (χ2v) is 3.41. The minimum absolute atomic E-state index is 0.0224. The lowest BCUT2D eigenvalue weighted by molar-refractivity contribution is -0.274. The molecule has 1 aromatic carbocycles. The highest BCUT2D eigenvalue weighted by Gasteiger charge is 2.32. The van der Waals surface area contributed by atoms with Crippen LogP contribution >= 0.6 is 0 Å². The highest BCUT2D eigenvalue weighted by Crippen LogP contribution is 2.27. The first kappa shape index (κ1) is 13.3. The zero-order valence-electron chi connectivity index (χ0n) is 9.04. The number of aryl methyl sites for hydroxylation is 1. The van der Waals surface area contributed by atoms with Crippen LogP contribution in [0.1, 0.15) is 18.1 Å². The number of hydrogen-bond acceptors (Lipinski definition) is 2. The van der Waals surface area contributed by atoms with Crippen molar-refractivity contribution in [1.29, 1.82) is 0 Å². The smallest absolute Gasteiger partial charge is 0.481 e. The van der Waals surface area contributed by atoms with Gasteiger partial charge in [-0.05, 0) is 18.1 Å². The summed E-state index contributed by atoms with van der Waals surface area (Å²) < 4.78 is 40.0. The molecule has 0 aliphatic heterocycles. The maximum absolute atomic E-state index is 12.1. The largest absolute Gasteiger partial charge is 0.573 e. The van der Waals surface area contributed by atoms with Gasteiger partial charge in [-0.15, -0.1) is 13.2 Å². The Hall–Kier alpha value is -1.72. The van der Waals surface area contributed by atoms with E-state index in [0.29, 0.717) is 6.42 Å². The second-order valence-electron chi connectivity index (χ2n) is 3.41. The Morgan fingerprint density at radius 3 is 2.53 bits per heavy atom. The van der Waals surface area contributed by atoms with Crippen LogP contribution in [0, 0.1) is 0 Å². The fourth-order valence-corrected chi connectivity index (χ4v) is 1.38. The average molecular weight is 248 g/mol. The number of hydrogen-bond donors (Lipinski definition) is 1. The number of benzene rings is 1. The van der Waals surface area contributed by atoms with Gasteiger partial charge in [0, 0.05) is 5.56 Å². The van der Waals surface area contributed by atoms with Crippen molar-refractivity contribution in [2.45, 2.75) is 26.1 Å². The predicted molar refractivity (Wildman–Crippen MR) is 53.8 cm³/mol. The van der Waals surface area contributed by atoms with Crippen molar-refractivity contribution in [3.63, 3.8) is 0 Å². The molecule has 0 spiro atoms. The summed E-state index contributed by atoms with van der Waals surface area (Å²) in [6.45, 7) is 1.82. The van der Waals surface area contributed by atoms with Gasteiger partial charge in [0.15, 0.2) is 0 Å². The van der Waals surface area contributed by atoms with Gasteiger partial charge in [-0.3, -0.25) is 4.79 Å². The molecule has 3 nitrogen and oxygen atoms in total. The Bertz CT molecular complexity index is 413. The Kier molecular flexibility index (Phi) is 3.98. The molecule has 1 N–H and O–H groups in total. The minimum Gasteiger partial charge on any atom is -0.481 e. The van der Waals surface area contributed by atoms with Crippen LogP contribution in [0.2, 0.25) is 0 Å². The first-order valence-electron chi connectivity index (χ1n) is 4.91. The van der Waals surface area contributed by atoms with E-state index in [1.165, 1.54) is 12.1 Å². The Labute approximate surface area is 95.8 Å². The lowest BCUT2D eigenvalue weighted by atomic mass is 10.1. The number of carboxylic acids is 1. The van der Waals surface area contributed by atoms with Crippen molar-refractivity contribution in [2.75, 3.05) is 0 Å². The third-order valence-electron chi connectivity index (χ3n) is 2.10. The molecule has 0 radical (unpaired) electrons. The fraction of sp³-hybridized carbons (Fsp3) is 0.364. The summed E-state index contributed by atoms with van der Waals surface area (Å²) >= 11 is 0.